The van der Waals surface area contributed by atoms with E-state index < -0.39 is 0 Å². The molecule has 1 amide bonds. The lowest BCUT2D eigenvalue weighted by molar-refractivity contribution is 0.0886. The first kappa shape index (κ1) is 15.7. The molecule has 0 saturated carbocycles. The summed E-state index contributed by atoms with van der Waals surface area (Å²) in [5, 5.41) is 3.02. The summed E-state index contributed by atoms with van der Waals surface area (Å²) in [4.78, 5) is 15.7. The van der Waals surface area contributed by atoms with Crippen LogP contribution in [0, 0.1) is 5.92 Å². The van der Waals surface area contributed by atoms with E-state index in [1.807, 2.05) is 0 Å². The normalized spacial score (nSPS) is 10.6. The topological polar surface area (TPSA) is 89.3 Å². The first-order valence-corrected chi connectivity index (χ1v) is 6.40. The van der Waals surface area contributed by atoms with Crippen LogP contribution in [0.4, 0.5) is 5.82 Å². The van der Waals surface area contributed by atoms with Gasteiger partial charge in [-0.15, -0.1) is 0 Å². The standard InChI is InChI=1S/C12H19ClN4O2/c1-8(2)7-19-4-3-15-12(18)9-5-10(13)11(17-14)16-6-9/h5-6,8H,3-4,7,14H2,1-2H3,(H,15,18)(H,16,17). The van der Waals surface area contributed by atoms with Crippen LogP contribution in [-0.4, -0.2) is 30.6 Å². The Morgan fingerprint density at radius 3 is 2.89 bits per heavy atom. The van der Waals surface area contributed by atoms with Gasteiger partial charge in [-0.1, -0.05) is 25.4 Å². The van der Waals surface area contributed by atoms with Crippen molar-refractivity contribution in [3.8, 4) is 0 Å². The number of hydrazine groups is 1. The number of carbonyl (C=O) groups excluding carboxylic acids is 1. The van der Waals surface area contributed by atoms with Crippen molar-refractivity contribution in [1.82, 2.24) is 10.3 Å². The molecule has 0 spiro atoms. The number of hydrogen-bond acceptors (Lipinski definition) is 5. The number of nitrogens with zero attached hydrogens (tertiary/aromatic N) is 1. The summed E-state index contributed by atoms with van der Waals surface area (Å²) in [6.07, 6.45) is 1.41. The fourth-order valence-corrected chi connectivity index (χ4v) is 1.55. The molecule has 0 saturated heterocycles. The summed E-state index contributed by atoms with van der Waals surface area (Å²) in [5.41, 5.74) is 2.72. The predicted molar refractivity (Wildman–Crippen MR) is 75.0 cm³/mol. The molecule has 1 aromatic rings. The van der Waals surface area contributed by atoms with Crippen LogP contribution in [0.5, 0.6) is 0 Å². The van der Waals surface area contributed by atoms with Gasteiger partial charge in [-0.05, 0) is 12.0 Å². The lowest BCUT2D eigenvalue weighted by Gasteiger charge is -2.09. The van der Waals surface area contributed by atoms with Crippen LogP contribution < -0.4 is 16.6 Å². The second-order valence-electron chi connectivity index (χ2n) is 4.42. The minimum absolute atomic E-state index is 0.244. The van der Waals surface area contributed by atoms with Crippen molar-refractivity contribution in [2.45, 2.75) is 13.8 Å². The van der Waals surface area contributed by atoms with Crippen LogP contribution in [0.1, 0.15) is 24.2 Å². The molecular formula is C12H19ClN4O2. The van der Waals surface area contributed by atoms with E-state index in [0.29, 0.717) is 42.1 Å². The molecule has 0 aromatic carbocycles. The van der Waals surface area contributed by atoms with Crippen LogP contribution in [0.2, 0.25) is 5.02 Å². The van der Waals surface area contributed by atoms with Crippen molar-refractivity contribution >= 4 is 23.3 Å². The summed E-state index contributed by atoms with van der Waals surface area (Å²) in [6, 6.07) is 1.51. The molecular weight excluding hydrogens is 268 g/mol. The first-order chi connectivity index (χ1) is 9.04. The number of hydrogen-bond donors (Lipinski definition) is 3. The van der Waals surface area contributed by atoms with Gasteiger partial charge in [0.2, 0.25) is 0 Å². The van der Waals surface area contributed by atoms with Gasteiger partial charge in [-0.2, -0.15) is 0 Å². The minimum Gasteiger partial charge on any atom is -0.379 e. The number of halogens is 1. The molecule has 7 heteroatoms. The number of rotatable bonds is 7. The number of pyridine rings is 1. The maximum atomic E-state index is 11.8. The highest BCUT2D eigenvalue weighted by molar-refractivity contribution is 6.33. The van der Waals surface area contributed by atoms with Crippen LogP contribution in [0.15, 0.2) is 12.3 Å². The highest BCUT2D eigenvalue weighted by Crippen LogP contribution is 2.18. The molecule has 106 valence electrons. The van der Waals surface area contributed by atoms with Crippen molar-refractivity contribution in [3.05, 3.63) is 22.8 Å². The van der Waals surface area contributed by atoms with E-state index in [-0.39, 0.29) is 5.91 Å². The monoisotopic (exact) mass is 286 g/mol. The van der Waals surface area contributed by atoms with Gasteiger partial charge >= 0.3 is 0 Å². The quantitative estimate of drug-likeness (QED) is 0.401. The van der Waals surface area contributed by atoms with Crippen molar-refractivity contribution in [1.29, 1.82) is 0 Å². The molecule has 0 unspecified atom stereocenters. The summed E-state index contributed by atoms with van der Waals surface area (Å²) < 4.78 is 5.36. The smallest absolute Gasteiger partial charge is 0.252 e. The maximum Gasteiger partial charge on any atom is 0.252 e. The van der Waals surface area contributed by atoms with Gasteiger partial charge in [-0.3, -0.25) is 4.79 Å². The number of amides is 1. The number of carbonyl (C=O) groups is 1. The van der Waals surface area contributed by atoms with E-state index in [1.165, 1.54) is 12.3 Å². The summed E-state index contributed by atoms with van der Waals surface area (Å²) in [7, 11) is 0. The van der Waals surface area contributed by atoms with E-state index in [9.17, 15) is 4.79 Å². The molecule has 0 radical (unpaired) electrons. The van der Waals surface area contributed by atoms with Crippen LogP contribution in [0.25, 0.3) is 0 Å². The van der Waals surface area contributed by atoms with Crippen molar-refractivity contribution in [2.75, 3.05) is 25.2 Å². The lowest BCUT2D eigenvalue weighted by atomic mass is 10.2. The largest absolute Gasteiger partial charge is 0.379 e. The fourth-order valence-electron chi connectivity index (χ4n) is 1.33. The number of nitrogen functional groups attached to an aromatic ring is 1. The average Bonchev–Trinajstić information content (AvgIpc) is 2.37. The van der Waals surface area contributed by atoms with Crippen molar-refractivity contribution < 1.29 is 9.53 Å². The third kappa shape index (κ3) is 5.42. The Bertz CT molecular complexity index is 426. The van der Waals surface area contributed by atoms with E-state index in [1.54, 1.807) is 0 Å². The molecule has 0 aliphatic heterocycles. The fraction of sp³-hybridized carbons (Fsp3) is 0.500. The number of nitrogens with two attached hydrogens (primary N) is 1. The summed E-state index contributed by atoms with van der Waals surface area (Å²) in [5.74, 6) is 5.77. The average molecular weight is 287 g/mol. The van der Waals surface area contributed by atoms with Crippen LogP contribution in [0.3, 0.4) is 0 Å². The minimum atomic E-state index is -0.244. The lowest BCUT2D eigenvalue weighted by Crippen LogP contribution is -2.27. The Hall–Kier alpha value is -1.37. The second-order valence-corrected chi connectivity index (χ2v) is 4.83. The van der Waals surface area contributed by atoms with Crippen LogP contribution >= 0.6 is 11.6 Å². The first-order valence-electron chi connectivity index (χ1n) is 6.02. The molecule has 0 aliphatic carbocycles. The number of ether oxygens (including phenoxy) is 1. The van der Waals surface area contributed by atoms with Crippen molar-refractivity contribution in [2.24, 2.45) is 11.8 Å². The molecule has 0 atom stereocenters. The SMILES string of the molecule is CC(C)COCCNC(=O)c1cnc(NN)c(Cl)c1. The second kappa shape index (κ2) is 7.93. The van der Waals surface area contributed by atoms with E-state index in [0.717, 1.165) is 0 Å². The molecule has 1 rings (SSSR count). The summed E-state index contributed by atoms with van der Waals surface area (Å²) in [6.45, 7) is 5.74. The summed E-state index contributed by atoms with van der Waals surface area (Å²) >= 11 is 5.88. The zero-order chi connectivity index (χ0) is 14.3. The molecule has 0 fully saturated rings. The molecule has 6 nitrogen and oxygen atoms in total. The van der Waals surface area contributed by atoms with Crippen LogP contribution in [-0.2, 0) is 4.74 Å². The highest BCUT2D eigenvalue weighted by Gasteiger charge is 2.08. The Morgan fingerprint density at radius 1 is 1.58 bits per heavy atom. The Kier molecular flexibility index (Phi) is 6.55. The molecule has 19 heavy (non-hydrogen) atoms. The van der Waals surface area contributed by atoms with Gasteiger partial charge in [0.25, 0.3) is 5.91 Å². The van der Waals surface area contributed by atoms with E-state index >= 15 is 0 Å². The molecule has 4 N–H and O–H groups in total. The highest BCUT2D eigenvalue weighted by atomic mass is 35.5. The maximum absolute atomic E-state index is 11.8. The Labute approximate surface area is 117 Å². The van der Waals surface area contributed by atoms with Crippen molar-refractivity contribution in [3.63, 3.8) is 0 Å². The van der Waals surface area contributed by atoms with Gasteiger partial charge in [-0.25, -0.2) is 10.8 Å². The van der Waals surface area contributed by atoms with Gasteiger partial charge in [0.1, 0.15) is 0 Å². The number of nitrogens with one attached hydrogen (secondary N) is 2. The number of anilines is 1. The van der Waals surface area contributed by atoms with E-state index in [2.05, 4.69) is 29.6 Å². The molecule has 1 heterocycles. The molecule has 0 bridgehead atoms. The zero-order valence-corrected chi connectivity index (χ0v) is 11.8. The Morgan fingerprint density at radius 2 is 2.32 bits per heavy atom. The van der Waals surface area contributed by atoms with E-state index in [4.69, 9.17) is 22.2 Å². The zero-order valence-electron chi connectivity index (χ0n) is 11.1. The number of aromatic nitrogens is 1. The molecule has 1 aromatic heterocycles. The predicted octanol–water partition coefficient (Wildman–Crippen LogP) is 1.42. The van der Waals surface area contributed by atoms with Gasteiger partial charge in [0, 0.05) is 19.3 Å². The third-order valence-corrected chi connectivity index (χ3v) is 2.51. The Balaban J connectivity index is 2.39. The third-order valence-electron chi connectivity index (χ3n) is 2.22. The van der Waals surface area contributed by atoms with Gasteiger partial charge in [0.05, 0.1) is 17.2 Å². The van der Waals surface area contributed by atoms with Gasteiger partial charge in [0.15, 0.2) is 5.82 Å². The van der Waals surface area contributed by atoms with Gasteiger partial charge < -0.3 is 15.5 Å². The molecule has 0 aliphatic rings.